The molecule has 3 aromatic heterocycles. The Morgan fingerprint density at radius 3 is 2.60 bits per heavy atom. The maximum absolute atomic E-state index is 4.54. The maximum Gasteiger partial charge on any atom is 0.146 e. The van der Waals surface area contributed by atoms with Crippen LogP contribution < -0.4 is 0 Å². The van der Waals surface area contributed by atoms with E-state index in [1.807, 2.05) is 36.7 Å². The molecule has 3 heterocycles. The van der Waals surface area contributed by atoms with Crippen molar-refractivity contribution < 1.29 is 0 Å². The molecule has 0 unspecified atom stereocenters. The standard InChI is InChI=1S/C16H10IN3/c17-11-6-7-14-13(10-11)12-4-3-9-19-16(12)20(14)15-5-1-2-8-18-15/h1-10H. The average Bonchev–Trinajstić information content (AvgIpc) is 2.82. The third-order valence-corrected chi connectivity index (χ3v) is 4.04. The normalized spacial score (nSPS) is 11.2. The molecule has 96 valence electrons. The molecule has 0 aliphatic heterocycles. The van der Waals surface area contributed by atoms with Gasteiger partial charge in [0.15, 0.2) is 0 Å². The number of fused-ring (bicyclic) bond motifs is 3. The summed E-state index contributed by atoms with van der Waals surface area (Å²) in [6.45, 7) is 0. The zero-order chi connectivity index (χ0) is 13.5. The Bertz CT molecular complexity index is 913. The molecule has 0 saturated carbocycles. The van der Waals surface area contributed by atoms with E-state index in [1.54, 1.807) is 0 Å². The van der Waals surface area contributed by atoms with E-state index in [2.05, 4.69) is 61.4 Å². The van der Waals surface area contributed by atoms with Gasteiger partial charge in [0.2, 0.25) is 0 Å². The van der Waals surface area contributed by atoms with Gasteiger partial charge in [0, 0.05) is 26.7 Å². The zero-order valence-electron chi connectivity index (χ0n) is 10.5. The lowest BCUT2D eigenvalue weighted by molar-refractivity contribution is 1.06. The van der Waals surface area contributed by atoms with Crippen molar-refractivity contribution in [1.29, 1.82) is 0 Å². The Morgan fingerprint density at radius 2 is 1.75 bits per heavy atom. The molecule has 0 fully saturated rings. The van der Waals surface area contributed by atoms with Crippen molar-refractivity contribution in [3.05, 3.63) is 64.5 Å². The highest BCUT2D eigenvalue weighted by Gasteiger charge is 2.13. The molecular weight excluding hydrogens is 361 g/mol. The highest BCUT2D eigenvalue weighted by molar-refractivity contribution is 14.1. The summed E-state index contributed by atoms with van der Waals surface area (Å²) in [6, 6.07) is 16.5. The molecule has 0 bridgehead atoms. The number of hydrogen-bond acceptors (Lipinski definition) is 2. The zero-order valence-corrected chi connectivity index (χ0v) is 12.7. The SMILES string of the molecule is Ic1ccc2c(c1)c1cccnc1n2-c1ccccn1. The molecule has 0 aliphatic carbocycles. The van der Waals surface area contributed by atoms with Crippen LogP contribution in [0.4, 0.5) is 0 Å². The van der Waals surface area contributed by atoms with Gasteiger partial charge in [-0.2, -0.15) is 0 Å². The van der Waals surface area contributed by atoms with Gasteiger partial charge >= 0.3 is 0 Å². The molecule has 3 nitrogen and oxygen atoms in total. The van der Waals surface area contributed by atoms with E-state index in [1.165, 1.54) is 8.96 Å². The van der Waals surface area contributed by atoms with E-state index >= 15 is 0 Å². The van der Waals surface area contributed by atoms with Gasteiger partial charge in [0.05, 0.1) is 5.52 Å². The van der Waals surface area contributed by atoms with Crippen LogP contribution in [-0.4, -0.2) is 14.5 Å². The van der Waals surface area contributed by atoms with Gasteiger partial charge in [0.1, 0.15) is 11.5 Å². The van der Waals surface area contributed by atoms with Crippen LogP contribution in [0.3, 0.4) is 0 Å². The van der Waals surface area contributed by atoms with Gasteiger partial charge in [-0.25, -0.2) is 9.97 Å². The predicted molar refractivity (Wildman–Crippen MR) is 89.1 cm³/mol. The number of pyridine rings is 2. The van der Waals surface area contributed by atoms with Crippen molar-refractivity contribution in [2.24, 2.45) is 0 Å². The lowest BCUT2D eigenvalue weighted by Gasteiger charge is -2.04. The highest BCUT2D eigenvalue weighted by Crippen LogP contribution is 2.30. The Morgan fingerprint density at radius 1 is 0.850 bits per heavy atom. The molecular formula is C16H10IN3. The second kappa shape index (κ2) is 4.56. The first-order chi connectivity index (χ1) is 9.84. The topological polar surface area (TPSA) is 30.7 Å². The van der Waals surface area contributed by atoms with Gasteiger partial charge in [-0.3, -0.25) is 4.57 Å². The summed E-state index contributed by atoms with van der Waals surface area (Å²) < 4.78 is 3.33. The Labute approximate surface area is 129 Å². The van der Waals surface area contributed by atoms with Crippen molar-refractivity contribution in [1.82, 2.24) is 14.5 Å². The van der Waals surface area contributed by atoms with E-state index in [9.17, 15) is 0 Å². The van der Waals surface area contributed by atoms with Crippen LogP contribution in [0.5, 0.6) is 0 Å². The third-order valence-electron chi connectivity index (χ3n) is 3.37. The fraction of sp³-hybridized carbons (Fsp3) is 0. The van der Waals surface area contributed by atoms with E-state index in [0.717, 1.165) is 22.4 Å². The van der Waals surface area contributed by atoms with Crippen molar-refractivity contribution in [2.45, 2.75) is 0 Å². The first-order valence-corrected chi connectivity index (χ1v) is 7.38. The minimum absolute atomic E-state index is 0.896. The fourth-order valence-electron chi connectivity index (χ4n) is 2.54. The number of aromatic nitrogens is 3. The van der Waals surface area contributed by atoms with E-state index in [0.29, 0.717) is 0 Å². The molecule has 1 aromatic carbocycles. The van der Waals surface area contributed by atoms with Crippen molar-refractivity contribution in [3.63, 3.8) is 0 Å². The van der Waals surface area contributed by atoms with Crippen LogP contribution in [0.1, 0.15) is 0 Å². The summed E-state index contributed by atoms with van der Waals surface area (Å²) in [5, 5.41) is 2.37. The first-order valence-electron chi connectivity index (χ1n) is 6.31. The second-order valence-corrected chi connectivity index (χ2v) is 5.81. The largest absolute Gasteiger partial charge is 0.278 e. The van der Waals surface area contributed by atoms with Crippen LogP contribution in [0.25, 0.3) is 27.8 Å². The summed E-state index contributed by atoms with van der Waals surface area (Å²) in [7, 11) is 0. The Balaban J connectivity index is 2.22. The molecule has 4 rings (SSSR count). The van der Waals surface area contributed by atoms with E-state index in [-0.39, 0.29) is 0 Å². The monoisotopic (exact) mass is 371 g/mol. The van der Waals surface area contributed by atoms with Crippen LogP contribution in [-0.2, 0) is 0 Å². The number of hydrogen-bond donors (Lipinski definition) is 0. The lowest BCUT2D eigenvalue weighted by atomic mass is 10.2. The minimum Gasteiger partial charge on any atom is -0.278 e. The molecule has 0 saturated heterocycles. The summed E-state index contributed by atoms with van der Waals surface area (Å²) in [5.74, 6) is 0.896. The van der Waals surface area contributed by atoms with E-state index < -0.39 is 0 Å². The second-order valence-electron chi connectivity index (χ2n) is 4.56. The number of rotatable bonds is 1. The number of halogens is 1. The molecule has 0 N–H and O–H groups in total. The van der Waals surface area contributed by atoms with Crippen molar-refractivity contribution in [3.8, 4) is 5.82 Å². The molecule has 0 aliphatic rings. The molecule has 0 atom stereocenters. The smallest absolute Gasteiger partial charge is 0.146 e. The van der Waals surface area contributed by atoms with Crippen molar-refractivity contribution >= 4 is 44.5 Å². The maximum atomic E-state index is 4.54. The molecule has 0 spiro atoms. The summed E-state index contributed by atoms with van der Waals surface area (Å²) in [6.07, 6.45) is 3.63. The van der Waals surface area contributed by atoms with Gasteiger partial charge in [0.25, 0.3) is 0 Å². The highest BCUT2D eigenvalue weighted by atomic mass is 127. The number of benzene rings is 1. The van der Waals surface area contributed by atoms with Crippen LogP contribution in [0, 0.1) is 3.57 Å². The quantitative estimate of drug-likeness (QED) is 0.470. The Hall–Kier alpha value is -1.95. The summed E-state index contributed by atoms with van der Waals surface area (Å²) in [5.41, 5.74) is 2.08. The lowest BCUT2D eigenvalue weighted by Crippen LogP contribution is -1.97. The summed E-state index contributed by atoms with van der Waals surface area (Å²) >= 11 is 2.34. The Kier molecular flexibility index (Phi) is 2.70. The minimum atomic E-state index is 0.896. The average molecular weight is 371 g/mol. The van der Waals surface area contributed by atoms with E-state index in [4.69, 9.17) is 0 Å². The molecule has 0 amide bonds. The van der Waals surface area contributed by atoms with Crippen LogP contribution in [0.15, 0.2) is 60.9 Å². The first kappa shape index (κ1) is 11.8. The van der Waals surface area contributed by atoms with Crippen LogP contribution in [0.2, 0.25) is 0 Å². The molecule has 0 radical (unpaired) electrons. The van der Waals surface area contributed by atoms with Crippen LogP contribution >= 0.6 is 22.6 Å². The molecule has 4 heteroatoms. The van der Waals surface area contributed by atoms with Gasteiger partial charge < -0.3 is 0 Å². The summed E-state index contributed by atoms with van der Waals surface area (Å²) in [4.78, 5) is 9.01. The van der Waals surface area contributed by atoms with Crippen molar-refractivity contribution in [2.75, 3.05) is 0 Å². The third kappa shape index (κ3) is 1.71. The fourth-order valence-corrected chi connectivity index (χ4v) is 3.03. The molecule has 20 heavy (non-hydrogen) atoms. The molecule has 4 aromatic rings. The number of nitrogens with zero attached hydrogens (tertiary/aromatic N) is 3. The predicted octanol–water partition coefficient (Wildman–Crippen LogP) is 4.18. The van der Waals surface area contributed by atoms with Gasteiger partial charge in [-0.15, -0.1) is 0 Å². The van der Waals surface area contributed by atoms with Gasteiger partial charge in [-0.1, -0.05) is 6.07 Å². The van der Waals surface area contributed by atoms with Gasteiger partial charge in [-0.05, 0) is 65.1 Å².